The summed E-state index contributed by atoms with van der Waals surface area (Å²) in [4.78, 5) is 15.1. The summed E-state index contributed by atoms with van der Waals surface area (Å²) in [5.74, 6) is 0.805. The zero-order valence-electron chi connectivity index (χ0n) is 16.3. The van der Waals surface area contributed by atoms with E-state index < -0.39 is 0 Å². The number of amides is 1. The van der Waals surface area contributed by atoms with Crippen LogP contribution in [0.5, 0.6) is 0 Å². The average Bonchev–Trinajstić information content (AvgIpc) is 2.75. The first kappa shape index (κ1) is 18.7. The molecule has 0 aromatic heterocycles. The fourth-order valence-electron chi connectivity index (χ4n) is 4.21. The molecule has 0 unspecified atom stereocenters. The van der Waals surface area contributed by atoms with Crippen molar-refractivity contribution in [3.05, 3.63) is 83.9 Å². The maximum Gasteiger partial charge on any atom is 0.251 e. The molecule has 1 saturated heterocycles. The number of hydrogen-bond acceptors (Lipinski definition) is 2. The number of nitrogens with zero attached hydrogens (tertiary/aromatic N) is 1. The predicted octanol–water partition coefficient (Wildman–Crippen LogP) is 4.52. The van der Waals surface area contributed by atoms with Gasteiger partial charge in [0.2, 0.25) is 0 Å². The van der Waals surface area contributed by atoms with E-state index >= 15 is 0 Å². The van der Waals surface area contributed by atoms with Crippen molar-refractivity contribution < 1.29 is 4.79 Å². The Labute approximate surface area is 167 Å². The Morgan fingerprint density at radius 3 is 2.43 bits per heavy atom. The third kappa shape index (κ3) is 4.60. The van der Waals surface area contributed by atoms with Crippen LogP contribution in [0.15, 0.2) is 72.8 Å². The van der Waals surface area contributed by atoms with Gasteiger partial charge in [-0.05, 0) is 60.7 Å². The summed E-state index contributed by atoms with van der Waals surface area (Å²) in [5.41, 5.74) is 2.21. The molecule has 0 radical (unpaired) electrons. The molecule has 0 atom stereocenters. The number of carbonyl (C=O) groups is 1. The first-order valence-corrected chi connectivity index (χ1v) is 10.3. The quantitative estimate of drug-likeness (QED) is 0.690. The van der Waals surface area contributed by atoms with Crippen molar-refractivity contribution in [2.24, 2.45) is 5.92 Å². The van der Waals surface area contributed by atoms with Crippen molar-refractivity contribution in [1.29, 1.82) is 0 Å². The van der Waals surface area contributed by atoms with Crippen LogP contribution < -0.4 is 5.32 Å². The van der Waals surface area contributed by atoms with Crippen LogP contribution in [-0.2, 0) is 6.42 Å². The summed E-state index contributed by atoms with van der Waals surface area (Å²) in [6.07, 6.45) is 3.67. The molecule has 1 heterocycles. The zero-order valence-corrected chi connectivity index (χ0v) is 16.3. The van der Waals surface area contributed by atoms with Crippen molar-refractivity contribution in [2.45, 2.75) is 19.3 Å². The van der Waals surface area contributed by atoms with E-state index in [1.54, 1.807) is 0 Å². The molecule has 1 aliphatic rings. The molecule has 3 aromatic carbocycles. The molecule has 1 amide bonds. The van der Waals surface area contributed by atoms with Gasteiger partial charge in [-0.3, -0.25) is 4.79 Å². The second kappa shape index (κ2) is 9.03. The van der Waals surface area contributed by atoms with Crippen LogP contribution in [0.1, 0.15) is 28.8 Å². The smallest absolute Gasteiger partial charge is 0.251 e. The Balaban J connectivity index is 1.23. The summed E-state index contributed by atoms with van der Waals surface area (Å²) < 4.78 is 0. The molecule has 1 N–H and O–H groups in total. The van der Waals surface area contributed by atoms with Gasteiger partial charge in [0, 0.05) is 18.7 Å². The lowest BCUT2D eigenvalue weighted by Gasteiger charge is -2.32. The minimum Gasteiger partial charge on any atom is -0.351 e. The number of rotatable bonds is 6. The topological polar surface area (TPSA) is 32.3 Å². The van der Waals surface area contributed by atoms with Crippen LogP contribution in [0, 0.1) is 5.92 Å². The van der Waals surface area contributed by atoms with Gasteiger partial charge in [-0.1, -0.05) is 66.7 Å². The second-order valence-corrected chi connectivity index (χ2v) is 7.76. The van der Waals surface area contributed by atoms with Gasteiger partial charge >= 0.3 is 0 Å². The molecule has 3 aromatic rings. The molecule has 28 heavy (non-hydrogen) atoms. The van der Waals surface area contributed by atoms with Gasteiger partial charge in [0.1, 0.15) is 0 Å². The molecule has 144 valence electrons. The Bertz CT molecular complexity index is 909. The van der Waals surface area contributed by atoms with E-state index in [1.165, 1.54) is 24.8 Å². The van der Waals surface area contributed by atoms with Gasteiger partial charge < -0.3 is 10.2 Å². The molecule has 1 aliphatic heterocycles. The third-order valence-corrected chi connectivity index (χ3v) is 5.82. The highest BCUT2D eigenvalue weighted by Crippen LogP contribution is 2.21. The molecule has 3 heteroatoms. The molecule has 0 spiro atoms. The van der Waals surface area contributed by atoms with Crippen LogP contribution in [0.3, 0.4) is 0 Å². The SMILES string of the molecule is O=C(NCCN1CCC(Cc2ccccc2)CC1)c1cccc2ccccc12. The van der Waals surface area contributed by atoms with E-state index in [4.69, 9.17) is 0 Å². The van der Waals surface area contributed by atoms with Crippen LogP contribution in [-0.4, -0.2) is 37.0 Å². The Morgan fingerprint density at radius 1 is 0.893 bits per heavy atom. The molecule has 3 nitrogen and oxygen atoms in total. The van der Waals surface area contributed by atoms with Gasteiger partial charge in [0.05, 0.1) is 0 Å². The predicted molar refractivity (Wildman–Crippen MR) is 116 cm³/mol. The van der Waals surface area contributed by atoms with E-state index in [-0.39, 0.29) is 5.91 Å². The van der Waals surface area contributed by atoms with Crippen molar-refractivity contribution in [3.8, 4) is 0 Å². The minimum atomic E-state index is 0.0239. The Morgan fingerprint density at radius 2 is 1.61 bits per heavy atom. The number of fused-ring (bicyclic) bond motifs is 1. The first-order valence-electron chi connectivity index (χ1n) is 10.3. The Hall–Kier alpha value is -2.65. The maximum absolute atomic E-state index is 12.6. The maximum atomic E-state index is 12.6. The second-order valence-electron chi connectivity index (χ2n) is 7.76. The largest absolute Gasteiger partial charge is 0.351 e. The van der Waals surface area contributed by atoms with Crippen LogP contribution in [0.4, 0.5) is 0 Å². The highest BCUT2D eigenvalue weighted by Gasteiger charge is 2.19. The van der Waals surface area contributed by atoms with Gasteiger partial charge in [0.25, 0.3) is 5.91 Å². The van der Waals surface area contributed by atoms with E-state index in [0.717, 1.165) is 41.9 Å². The fraction of sp³-hybridized carbons (Fsp3) is 0.320. The normalized spacial score (nSPS) is 15.6. The lowest BCUT2D eigenvalue weighted by molar-refractivity contribution is 0.0945. The van der Waals surface area contributed by atoms with E-state index in [1.807, 2.05) is 42.5 Å². The standard InChI is InChI=1S/C25H28N2O/c28-25(24-12-6-10-22-9-4-5-11-23(22)24)26-15-18-27-16-13-21(14-17-27)19-20-7-2-1-3-8-20/h1-12,21H,13-19H2,(H,26,28). The molecule has 0 saturated carbocycles. The van der Waals surface area contributed by atoms with Crippen molar-refractivity contribution in [1.82, 2.24) is 10.2 Å². The van der Waals surface area contributed by atoms with E-state index in [0.29, 0.717) is 6.54 Å². The number of hydrogen-bond donors (Lipinski definition) is 1. The lowest BCUT2D eigenvalue weighted by Crippen LogP contribution is -2.40. The molecular weight excluding hydrogens is 344 g/mol. The van der Waals surface area contributed by atoms with Gasteiger partial charge in [0.15, 0.2) is 0 Å². The Kier molecular flexibility index (Phi) is 6.03. The number of piperidine rings is 1. The molecule has 4 rings (SSSR count). The van der Waals surface area contributed by atoms with Crippen LogP contribution in [0.25, 0.3) is 10.8 Å². The number of carbonyl (C=O) groups excluding carboxylic acids is 1. The molecular formula is C25H28N2O. The lowest BCUT2D eigenvalue weighted by atomic mass is 9.90. The summed E-state index contributed by atoms with van der Waals surface area (Å²) in [7, 11) is 0. The van der Waals surface area contributed by atoms with Crippen LogP contribution >= 0.6 is 0 Å². The van der Waals surface area contributed by atoms with Crippen LogP contribution in [0.2, 0.25) is 0 Å². The first-order chi connectivity index (χ1) is 13.8. The molecule has 0 aliphatic carbocycles. The van der Waals surface area contributed by atoms with Crippen molar-refractivity contribution in [3.63, 3.8) is 0 Å². The third-order valence-electron chi connectivity index (χ3n) is 5.82. The van der Waals surface area contributed by atoms with Gasteiger partial charge in [-0.25, -0.2) is 0 Å². The minimum absolute atomic E-state index is 0.0239. The monoisotopic (exact) mass is 372 g/mol. The molecule has 1 fully saturated rings. The number of benzene rings is 3. The number of likely N-dealkylation sites (tertiary alicyclic amines) is 1. The highest BCUT2D eigenvalue weighted by molar-refractivity contribution is 6.06. The summed E-state index contributed by atoms with van der Waals surface area (Å²) >= 11 is 0. The van der Waals surface area contributed by atoms with Crippen molar-refractivity contribution >= 4 is 16.7 Å². The van der Waals surface area contributed by atoms with E-state index in [9.17, 15) is 4.79 Å². The van der Waals surface area contributed by atoms with Gasteiger partial charge in [-0.2, -0.15) is 0 Å². The van der Waals surface area contributed by atoms with Gasteiger partial charge in [-0.15, -0.1) is 0 Å². The highest BCUT2D eigenvalue weighted by atomic mass is 16.1. The average molecular weight is 373 g/mol. The summed E-state index contributed by atoms with van der Waals surface area (Å²) in [6, 6.07) is 24.8. The zero-order chi connectivity index (χ0) is 19.2. The fourth-order valence-corrected chi connectivity index (χ4v) is 4.21. The van der Waals surface area contributed by atoms with Crippen molar-refractivity contribution in [2.75, 3.05) is 26.2 Å². The molecule has 0 bridgehead atoms. The number of nitrogens with one attached hydrogen (secondary N) is 1. The van der Waals surface area contributed by atoms with E-state index in [2.05, 4.69) is 40.5 Å². The summed E-state index contributed by atoms with van der Waals surface area (Å²) in [5, 5.41) is 5.23. The summed E-state index contributed by atoms with van der Waals surface area (Å²) in [6.45, 7) is 3.88.